The van der Waals surface area contributed by atoms with Gasteiger partial charge in [-0.15, -0.1) is 0 Å². The highest BCUT2D eigenvalue weighted by molar-refractivity contribution is 5.75. The predicted octanol–water partition coefficient (Wildman–Crippen LogP) is 4.20. The molecule has 0 saturated heterocycles. The van der Waals surface area contributed by atoms with Gasteiger partial charge in [0.15, 0.2) is 0 Å². The molecule has 2 heteroatoms. The number of carbonyl (C=O) groups is 1. The van der Waals surface area contributed by atoms with Crippen molar-refractivity contribution >= 4 is 6.29 Å². The van der Waals surface area contributed by atoms with Crippen LogP contribution in [-0.2, 0) is 6.61 Å². The van der Waals surface area contributed by atoms with Crippen LogP contribution in [0.2, 0.25) is 0 Å². The number of hydrogen-bond acceptors (Lipinski definition) is 2. The first-order valence-electron chi connectivity index (χ1n) is 6.46. The molecule has 0 saturated carbocycles. The van der Waals surface area contributed by atoms with E-state index in [-0.39, 0.29) is 0 Å². The largest absolute Gasteiger partial charge is 0.489 e. The molecule has 0 heterocycles. The Bertz CT molecular complexity index is 544. The van der Waals surface area contributed by atoms with Crippen molar-refractivity contribution in [2.75, 3.05) is 0 Å². The average molecular weight is 254 g/mol. The number of ether oxygens (including phenoxy) is 1. The van der Waals surface area contributed by atoms with Gasteiger partial charge < -0.3 is 4.74 Å². The minimum atomic E-state index is 0.325. The van der Waals surface area contributed by atoms with Crippen molar-refractivity contribution in [2.45, 2.75) is 26.4 Å². The Hall–Kier alpha value is -2.09. The molecule has 0 amide bonds. The van der Waals surface area contributed by atoms with E-state index in [1.807, 2.05) is 42.5 Å². The van der Waals surface area contributed by atoms with Gasteiger partial charge in [0.2, 0.25) is 0 Å². The van der Waals surface area contributed by atoms with Gasteiger partial charge in [0.1, 0.15) is 18.6 Å². The van der Waals surface area contributed by atoms with Gasteiger partial charge in [-0.25, -0.2) is 0 Å². The van der Waals surface area contributed by atoms with Crippen LogP contribution in [0, 0.1) is 0 Å². The summed E-state index contributed by atoms with van der Waals surface area (Å²) in [4.78, 5) is 10.8. The maximum Gasteiger partial charge on any atom is 0.150 e. The molecule has 0 aliphatic carbocycles. The van der Waals surface area contributed by atoms with Crippen LogP contribution in [0.4, 0.5) is 0 Å². The summed E-state index contributed by atoms with van der Waals surface area (Å²) in [5.74, 6) is 1.18. The lowest BCUT2D eigenvalue weighted by Crippen LogP contribution is -2.00. The third kappa shape index (κ3) is 3.44. The second-order valence-electron chi connectivity index (χ2n) is 4.84. The number of rotatable bonds is 5. The lowest BCUT2D eigenvalue weighted by atomic mass is 10.00. The van der Waals surface area contributed by atoms with E-state index in [2.05, 4.69) is 13.8 Å². The van der Waals surface area contributed by atoms with E-state index < -0.39 is 0 Å². The van der Waals surface area contributed by atoms with E-state index >= 15 is 0 Å². The lowest BCUT2D eigenvalue weighted by Gasteiger charge is -2.14. The maximum absolute atomic E-state index is 10.8. The number of benzene rings is 2. The molecule has 19 heavy (non-hydrogen) atoms. The SMILES string of the molecule is CC(C)c1cc(C=O)ccc1OCc1ccccc1. The summed E-state index contributed by atoms with van der Waals surface area (Å²) in [6.07, 6.45) is 0.868. The van der Waals surface area contributed by atoms with Crippen molar-refractivity contribution in [2.24, 2.45) is 0 Å². The number of aldehydes is 1. The molecule has 0 fully saturated rings. The fraction of sp³-hybridized carbons (Fsp3) is 0.235. The molecule has 0 aliphatic rings. The molecular weight excluding hydrogens is 236 g/mol. The van der Waals surface area contributed by atoms with Crippen LogP contribution in [-0.4, -0.2) is 6.29 Å². The first-order valence-corrected chi connectivity index (χ1v) is 6.46. The van der Waals surface area contributed by atoms with Crippen molar-refractivity contribution in [3.63, 3.8) is 0 Å². The predicted molar refractivity (Wildman–Crippen MR) is 76.7 cm³/mol. The number of hydrogen-bond donors (Lipinski definition) is 0. The summed E-state index contributed by atoms with van der Waals surface area (Å²) in [6.45, 7) is 4.74. The quantitative estimate of drug-likeness (QED) is 0.747. The van der Waals surface area contributed by atoms with Crippen molar-refractivity contribution in [1.82, 2.24) is 0 Å². The Morgan fingerprint density at radius 1 is 1.11 bits per heavy atom. The lowest BCUT2D eigenvalue weighted by molar-refractivity contribution is 0.112. The second-order valence-corrected chi connectivity index (χ2v) is 4.84. The van der Waals surface area contributed by atoms with Gasteiger partial charge in [0.25, 0.3) is 0 Å². The molecule has 0 N–H and O–H groups in total. The van der Waals surface area contributed by atoms with E-state index in [1.54, 1.807) is 6.07 Å². The molecule has 0 atom stereocenters. The molecule has 2 nitrogen and oxygen atoms in total. The van der Waals surface area contributed by atoms with Gasteiger partial charge in [0, 0.05) is 5.56 Å². The monoisotopic (exact) mass is 254 g/mol. The molecule has 2 rings (SSSR count). The van der Waals surface area contributed by atoms with Crippen LogP contribution >= 0.6 is 0 Å². The van der Waals surface area contributed by atoms with E-state index in [4.69, 9.17) is 4.74 Å². The maximum atomic E-state index is 10.8. The minimum Gasteiger partial charge on any atom is -0.489 e. The molecule has 0 bridgehead atoms. The standard InChI is InChI=1S/C17H18O2/c1-13(2)16-10-15(11-18)8-9-17(16)19-12-14-6-4-3-5-7-14/h3-11,13H,12H2,1-2H3. The van der Waals surface area contributed by atoms with Gasteiger partial charge in [-0.3, -0.25) is 4.79 Å². The van der Waals surface area contributed by atoms with Crippen molar-refractivity contribution in [3.05, 3.63) is 65.2 Å². The molecular formula is C17H18O2. The van der Waals surface area contributed by atoms with Gasteiger partial charge in [0.05, 0.1) is 0 Å². The Labute approximate surface area is 114 Å². The van der Waals surface area contributed by atoms with E-state index in [9.17, 15) is 4.79 Å². The molecule has 0 radical (unpaired) electrons. The zero-order valence-electron chi connectivity index (χ0n) is 11.3. The van der Waals surface area contributed by atoms with E-state index in [1.165, 1.54) is 0 Å². The van der Waals surface area contributed by atoms with Crippen molar-refractivity contribution < 1.29 is 9.53 Å². The first kappa shape index (κ1) is 13.3. The van der Waals surface area contributed by atoms with Crippen LogP contribution < -0.4 is 4.74 Å². The van der Waals surface area contributed by atoms with Crippen LogP contribution in [0.5, 0.6) is 5.75 Å². The van der Waals surface area contributed by atoms with Gasteiger partial charge in [-0.05, 0) is 35.2 Å². The Morgan fingerprint density at radius 3 is 2.47 bits per heavy atom. The summed E-state index contributed by atoms with van der Waals surface area (Å²) in [5, 5.41) is 0. The van der Waals surface area contributed by atoms with Crippen molar-refractivity contribution in [3.8, 4) is 5.75 Å². The highest BCUT2D eigenvalue weighted by Crippen LogP contribution is 2.27. The number of carbonyl (C=O) groups excluding carboxylic acids is 1. The second kappa shape index (κ2) is 6.19. The van der Waals surface area contributed by atoms with E-state index in [0.717, 1.165) is 23.2 Å². The zero-order chi connectivity index (χ0) is 13.7. The van der Waals surface area contributed by atoms with E-state index in [0.29, 0.717) is 18.1 Å². The molecule has 2 aromatic carbocycles. The van der Waals surface area contributed by atoms with Crippen LogP contribution in [0.3, 0.4) is 0 Å². The highest BCUT2D eigenvalue weighted by Gasteiger charge is 2.09. The van der Waals surface area contributed by atoms with Crippen LogP contribution in [0.1, 0.15) is 41.3 Å². The summed E-state index contributed by atoms with van der Waals surface area (Å²) >= 11 is 0. The molecule has 0 aliphatic heterocycles. The summed E-state index contributed by atoms with van der Waals surface area (Å²) in [7, 11) is 0. The molecule has 2 aromatic rings. The third-order valence-electron chi connectivity index (χ3n) is 3.03. The molecule has 0 aromatic heterocycles. The average Bonchev–Trinajstić information content (AvgIpc) is 2.46. The Balaban J connectivity index is 2.18. The van der Waals surface area contributed by atoms with Crippen LogP contribution in [0.25, 0.3) is 0 Å². The van der Waals surface area contributed by atoms with Gasteiger partial charge in [-0.1, -0.05) is 44.2 Å². The smallest absolute Gasteiger partial charge is 0.150 e. The van der Waals surface area contributed by atoms with Gasteiger partial charge in [-0.2, -0.15) is 0 Å². The fourth-order valence-corrected chi connectivity index (χ4v) is 1.96. The summed E-state index contributed by atoms with van der Waals surface area (Å²) in [6, 6.07) is 15.6. The molecule has 0 spiro atoms. The third-order valence-corrected chi connectivity index (χ3v) is 3.03. The first-order chi connectivity index (χ1) is 9.20. The molecule has 0 unspecified atom stereocenters. The normalized spacial score (nSPS) is 10.5. The summed E-state index contributed by atoms with van der Waals surface area (Å²) < 4.78 is 5.87. The minimum absolute atomic E-state index is 0.325. The van der Waals surface area contributed by atoms with Crippen molar-refractivity contribution in [1.29, 1.82) is 0 Å². The topological polar surface area (TPSA) is 26.3 Å². The zero-order valence-corrected chi connectivity index (χ0v) is 11.3. The van der Waals surface area contributed by atoms with Crippen LogP contribution in [0.15, 0.2) is 48.5 Å². The summed E-state index contributed by atoms with van der Waals surface area (Å²) in [5.41, 5.74) is 2.90. The fourth-order valence-electron chi connectivity index (χ4n) is 1.96. The molecule has 98 valence electrons. The Kier molecular flexibility index (Phi) is 4.35. The highest BCUT2D eigenvalue weighted by atomic mass is 16.5. The Morgan fingerprint density at radius 2 is 1.84 bits per heavy atom. The van der Waals surface area contributed by atoms with Gasteiger partial charge >= 0.3 is 0 Å².